The van der Waals surface area contributed by atoms with Crippen LogP contribution in [0.5, 0.6) is 0 Å². The Morgan fingerprint density at radius 3 is 2.72 bits per heavy atom. The smallest absolute Gasteiger partial charge is 0.274 e. The number of likely N-dealkylation sites (tertiary alicyclic amines) is 2. The van der Waals surface area contributed by atoms with Crippen LogP contribution in [-0.2, 0) is 6.54 Å². The summed E-state index contributed by atoms with van der Waals surface area (Å²) in [5.41, 5.74) is 1.66. The lowest BCUT2D eigenvalue weighted by atomic mass is 9.71. The number of rotatable bonds is 4. The summed E-state index contributed by atoms with van der Waals surface area (Å²) in [6.07, 6.45) is 4.66. The summed E-state index contributed by atoms with van der Waals surface area (Å²) in [4.78, 5) is 29.9. The molecule has 1 spiro atoms. The number of carbonyl (C=O) groups is 1. The topological polar surface area (TPSA) is 90.9 Å². The second-order valence-corrected chi connectivity index (χ2v) is 8.10. The lowest BCUT2D eigenvalue weighted by Gasteiger charge is -2.50. The molecule has 1 amide bonds. The van der Waals surface area contributed by atoms with Crippen molar-refractivity contribution >= 4 is 5.91 Å². The third-order valence-corrected chi connectivity index (χ3v) is 5.97. The quantitative estimate of drug-likeness (QED) is 0.730. The zero-order valence-corrected chi connectivity index (χ0v) is 16.3. The van der Waals surface area contributed by atoms with Crippen molar-refractivity contribution in [2.45, 2.75) is 19.4 Å². The van der Waals surface area contributed by atoms with Crippen molar-refractivity contribution in [3.63, 3.8) is 0 Å². The monoisotopic (exact) mass is 389 g/mol. The largest absolute Gasteiger partial charge is 0.336 e. The third kappa shape index (κ3) is 3.29. The lowest BCUT2D eigenvalue weighted by molar-refractivity contribution is 0.00133. The summed E-state index contributed by atoms with van der Waals surface area (Å²) in [6.45, 7) is 5.99. The van der Waals surface area contributed by atoms with Crippen LogP contribution in [-0.4, -0.2) is 67.0 Å². The Kier molecular flexibility index (Phi) is 4.35. The Morgan fingerprint density at radius 1 is 1.21 bits per heavy atom. The Morgan fingerprint density at radius 2 is 2.03 bits per heavy atom. The number of H-pyrrole nitrogens is 1. The molecule has 2 aliphatic rings. The van der Waals surface area contributed by atoms with E-state index in [1.807, 2.05) is 17.9 Å². The van der Waals surface area contributed by atoms with Gasteiger partial charge in [-0.15, -0.1) is 0 Å². The molecule has 5 rings (SSSR count). The molecule has 0 saturated carbocycles. The van der Waals surface area contributed by atoms with Crippen LogP contribution >= 0.6 is 0 Å². The molecule has 0 bridgehead atoms. The van der Waals surface area contributed by atoms with Gasteiger partial charge >= 0.3 is 0 Å². The van der Waals surface area contributed by atoms with Crippen molar-refractivity contribution < 1.29 is 4.79 Å². The summed E-state index contributed by atoms with van der Waals surface area (Å²) >= 11 is 0. The first-order chi connectivity index (χ1) is 14.1. The molecular formula is C21H23N7O. The molecule has 8 nitrogen and oxygen atoms in total. The normalized spacial score (nSPS) is 20.7. The summed E-state index contributed by atoms with van der Waals surface area (Å²) in [7, 11) is 0. The number of aromatic amines is 1. The van der Waals surface area contributed by atoms with E-state index in [-0.39, 0.29) is 17.2 Å². The molecule has 29 heavy (non-hydrogen) atoms. The minimum Gasteiger partial charge on any atom is -0.336 e. The molecule has 3 aromatic rings. The fourth-order valence-electron chi connectivity index (χ4n) is 4.65. The second kappa shape index (κ2) is 7.04. The molecule has 4 heterocycles. The first kappa shape index (κ1) is 17.9. The van der Waals surface area contributed by atoms with E-state index >= 15 is 0 Å². The van der Waals surface area contributed by atoms with Gasteiger partial charge in [0, 0.05) is 56.5 Å². The van der Waals surface area contributed by atoms with Crippen molar-refractivity contribution in [3.05, 3.63) is 71.8 Å². The molecule has 1 N–H and O–H groups in total. The fourth-order valence-corrected chi connectivity index (χ4v) is 4.65. The van der Waals surface area contributed by atoms with E-state index in [9.17, 15) is 4.79 Å². The molecule has 2 aromatic heterocycles. The van der Waals surface area contributed by atoms with Gasteiger partial charge in [0.05, 0.1) is 6.20 Å². The molecule has 0 radical (unpaired) electrons. The van der Waals surface area contributed by atoms with Crippen LogP contribution in [0.3, 0.4) is 0 Å². The summed E-state index contributed by atoms with van der Waals surface area (Å²) in [6, 6.07) is 10.5. The minimum absolute atomic E-state index is 0.0265. The van der Waals surface area contributed by atoms with Gasteiger partial charge in [-0.1, -0.05) is 30.3 Å². The SMILES string of the molecule is Cc1nc(C2CN(Cc3ccccc3)CC23CN(C(=O)c2cnccn2)C3)n[nH]1. The van der Waals surface area contributed by atoms with E-state index in [0.717, 1.165) is 31.3 Å². The van der Waals surface area contributed by atoms with Crippen LogP contribution < -0.4 is 0 Å². The van der Waals surface area contributed by atoms with Gasteiger partial charge in [-0.05, 0) is 12.5 Å². The van der Waals surface area contributed by atoms with Crippen molar-refractivity contribution in [1.29, 1.82) is 0 Å². The van der Waals surface area contributed by atoms with E-state index in [4.69, 9.17) is 0 Å². The zero-order chi connectivity index (χ0) is 19.8. The van der Waals surface area contributed by atoms with Crippen LogP contribution in [0.4, 0.5) is 0 Å². The Bertz CT molecular complexity index is 998. The zero-order valence-electron chi connectivity index (χ0n) is 16.3. The van der Waals surface area contributed by atoms with E-state index in [1.165, 1.54) is 11.8 Å². The van der Waals surface area contributed by atoms with Gasteiger partial charge in [-0.2, -0.15) is 5.10 Å². The number of carbonyl (C=O) groups excluding carboxylic acids is 1. The summed E-state index contributed by atoms with van der Waals surface area (Å²) < 4.78 is 0. The van der Waals surface area contributed by atoms with Gasteiger partial charge in [-0.25, -0.2) is 9.97 Å². The fraction of sp³-hybridized carbons (Fsp3) is 0.381. The maximum Gasteiger partial charge on any atom is 0.274 e. The highest BCUT2D eigenvalue weighted by atomic mass is 16.2. The van der Waals surface area contributed by atoms with Gasteiger partial charge in [-0.3, -0.25) is 19.8 Å². The molecule has 1 atom stereocenters. The number of nitrogens with one attached hydrogen (secondary N) is 1. The first-order valence-corrected chi connectivity index (χ1v) is 9.83. The highest BCUT2D eigenvalue weighted by Crippen LogP contribution is 2.48. The third-order valence-electron chi connectivity index (χ3n) is 5.97. The van der Waals surface area contributed by atoms with Crippen LogP contribution in [0.25, 0.3) is 0 Å². The number of amides is 1. The summed E-state index contributed by atoms with van der Waals surface area (Å²) in [5, 5.41) is 7.43. The Hall–Kier alpha value is -3.13. The molecule has 1 unspecified atom stereocenters. The molecule has 0 aliphatic carbocycles. The van der Waals surface area contributed by atoms with E-state index in [2.05, 4.69) is 54.3 Å². The van der Waals surface area contributed by atoms with Gasteiger partial charge in [0.25, 0.3) is 5.91 Å². The van der Waals surface area contributed by atoms with E-state index < -0.39 is 0 Å². The van der Waals surface area contributed by atoms with Crippen LogP contribution in [0.2, 0.25) is 0 Å². The number of aryl methyl sites for hydroxylation is 1. The average molecular weight is 389 g/mol. The Balaban J connectivity index is 1.36. The predicted molar refractivity (Wildman–Crippen MR) is 106 cm³/mol. The summed E-state index contributed by atoms with van der Waals surface area (Å²) in [5.74, 6) is 1.81. The van der Waals surface area contributed by atoms with Gasteiger partial charge < -0.3 is 4.90 Å². The van der Waals surface area contributed by atoms with Gasteiger partial charge in [0.2, 0.25) is 0 Å². The molecular weight excluding hydrogens is 366 g/mol. The highest BCUT2D eigenvalue weighted by Gasteiger charge is 2.57. The first-order valence-electron chi connectivity index (χ1n) is 9.83. The van der Waals surface area contributed by atoms with E-state index in [1.54, 1.807) is 12.4 Å². The number of aromatic nitrogens is 5. The van der Waals surface area contributed by atoms with Crippen molar-refractivity contribution in [3.8, 4) is 0 Å². The number of benzene rings is 1. The van der Waals surface area contributed by atoms with Crippen LogP contribution in [0.15, 0.2) is 48.9 Å². The maximum absolute atomic E-state index is 12.8. The molecule has 2 saturated heterocycles. The number of nitrogens with zero attached hydrogens (tertiary/aromatic N) is 6. The van der Waals surface area contributed by atoms with Crippen molar-refractivity contribution in [2.75, 3.05) is 26.2 Å². The highest BCUT2D eigenvalue weighted by molar-refractivity contribution is 5.92. The van der Waals surface area contributed by atoms with Crippen LogP contribution in [0.1, 0.15) is 33.6 Å². The average Bonchev–Trinajstić information content (AvgIpc) is 3.31. The molecule has 2 aliphatic heterocycles. The molecule has 2 fully saturated rings. The maximum atomic E-state index is 12.8. The number of hydrogen-bond acceptors (Lipinski definition) is 6. The molecule has 8 heteroatoms. The predicted octanol–water partition coefficient (Wildman–Crippen LogP) is 1.64. The minimum atomic E-state index is -0.0600. The van der Waals surface area contributed by atoms with Crippen molar-refractivity contribution in [2.24, 2.45) is 5.41 Å². The second-order valence-electron chi connectivity index (χ2n) is 8.10. The standard InChI is InChI=1S/C21H23N7O/c1-15-24-19(26-25-15)17-11-27(10-16-5-3-2-4-6-16)12-21(17)13-28(14-21)20(29)18-9-22-7-8-23-18/h2-9,17H,10-14H2,1H3,(H,24,25,26). The number of hydrogen-bond donors (Lipinski definition) is 1. The van der Waals surface area contributed by atoms with Gasteiger partial charge in [0.15, 0.2) is 5.82 Å². The molecule has 148 valence electrons. The van der Waals surface area contributed by atoms with E-state index in [0.29, 0.717) is 18.8 Å². The Labute approximate surface area is 169 Å². The van der Waals surface area contributed by atoms with Crippen LogP contribution in [0, 0.1) is 12.3 Å². The molecule has 1 aromatic carbocycles. The lowest BCUT2D eigenvalue weighted by Crippen LogP contribution is -2.61. The van der Waals surface area contributed by atoms with Gasteiger partial charge in [0.1, 0.15) is 11.5 Å². The van der Waals surface area contributed by atoms with Crippen molar-refractivity contribution in [1.82, 2.24) is 34.9 Å².